The minimum Gasteiger partial charge on any atom is -0.486 e. The molecule has 7 heteroatoms. The number of nitrogens with two attached hydrogens (primary N) is 1. The lowest BCUT2D eigenvalue weighted by Gasteiger charge is -2.16. The van der Waals surface area contributed by atoms with Gasteiger partial charge in [0.25, 0.3) is 0 Å². The summed E-state index contributed by atoms with van der Waals surface area (Å²) < 4.78 is 18.6. The lowest BCUT2D eigenvalue weighted by molar-refractivity contribution is 0.300. The molecule has 0 aliphatic carbocycles. The fraction of sp³-hybridized carbons (Fsp3) is 0.318. The number of hydrogen-bond donors (Lipinski definition) is 1. The first-order chi connectivity index (χ1) is 13.7. The summed E-state index contributed by atoms with van der Waals surface area (Å²) in [6.45, 7) is 3.92. The van der Waals surface area contributed by atoms with Gasteiger partial charge in [-0.2, -0.15) is 0 Å². The van der Waals surface area contributed by atoms with Crippen molar-refractivity contribution in [2.24, 2.45) is 11.7 Å². The van der Waals surface area contributed by atoms with Crippen LogP contribution < -0.4 is 10.5 Å². The zero-order valence-electron chi connectivity index (χ0n) is 16.0. The largest absolute Gasteiger partial charge is 0.486 e. The first-order valence-corrected chi connectivity index (χ1v) is 10.4. The fourth-order valence-electron chi connectivity index (χ4n) is 3.80. The van der Waals surface area contributed by atoms with Gasteiger partial charge in [-0.15, -0.1) is 23.7 Å². The minimum atomic E-state index is -0.265. The Labute approximate surface area is 180 Å². The first kappa shape index (κ1) is 21.7. The minimum absolute atomic E-state index is 0. The maximum atomic E-state index is 13.0. The summed E-state index contributed by atoms with van der Waals surface area (Å²) in [5, 5.41) is 3.02. The van der Waals surface area contributed by atoms with Crippen molar-refractivity contribution in [1.82, 2.24) is 9.88 Å². The highest BCUT2D eigenvalue weighted by Gasteiger charge is 2.32. The molecule has 4 nitrogen and oxygen atoms in total. The zero-order valence-corrected chi connectivity index (χ0v) is 17.7. The highest BCUT2D eigenvalue weighted by Crippen LogP contribution is 2.32. The van der Waals surface area contributed by atoms with Crippen molar-refractivity contribution in [2.45, 2.75) is 19.1 Å². The molecule has 0 radical (unpaired) electrons. The number of aromatic nitrogens is 1. The molecule has 0 saturated carbocycles. The second kappa shape index (κ2) is 10.2. The molecule has 3 aromatic rings. The van der Waals surface area contributed by atoms with Crippen LogP contribution in [0.25, 0.3) is 0 Å². The summed E-state index contributed by atoms with van der Waals surface area (Å²) in [5.74, 6) is 1.33. The van der Waals surface area contributed by atoms with E-state index >= 15 is 0 Å². The van der Waals surface area contributed by atoms with Crippen LogP contribution in [0.2, 0.25) is 0 Å². The Morgan fingerprint density at radius 2 is 1.86 bits per heavy atom. The molecular formula is C22H25ClFN3OS. The molecule has 2 aromatic carbocycles. The van der Waals surface area contributed by atoms with Crippen LogP contribution in [0.5, 0.6) is 5.75 Å². The summed E-state index contributed by atoms with van der Waals surface area (Å²) in [4.78, 5) is 7.14. The molecule has 2 atom stereocenters. The molecule has 0 amide bonds. The topological polar surface area (TPSA) is 51.4 Å². The monoisotopic (exact) mass is 433 g/mol. The Morgan fingerprint density at radius 3 is 2.59 bits per heavy atom. The number of halogens is 2. The third-order valence-corrected chi connectivity index (χ3v) is 6.08. The molecule has 1 aliphatic rings. The summed E-state index contributed by atoms with van der Waals surface area (Å²) in [6.07, 6.45) is 0. The van der Waals surface area contributed by atoms with Crippen molar-refractivity contribution in [3.8, 4) is 5.75 Å². The molecule has 29 heavy (non-hydrogen) atoms. The maximum absolute atomic E-state index is 13.0. The van der Waals surface area contributed by atoms with Gasteiger partial charge in [0, 0.05) is 30.9 Å². The van der Waals surface area contributed by atoms with Gasteiger partial charge in [0.1, 0.15) is 23.2 Å². The van der Waals surface area contributed by atoms with Gasteiger partial charge in [-0.05, 0) is 42.3 Å². The van der Waals surface area contributed by atoms with Crippen LogP contribution in [0.4, 0.5) is 4.39 Å². The van der Waals surface area contributed by atoms with Crippen LogP contribution >= 0.6 is 23.7 Å². The van der Waals surface area contributed by atoms with Crippen molar-refractivity contribution in [1.29, 1.82) is 0 Å². The van der Waals surface area contributed by atoms with Crippen molar-refractivity contribution in [3.05, 3.63) is 82.1 Å². The quantitative estimate of drug-likeness (QED) is 0.597. The van der Waals surface area contributed by atoms with Gasteiger partial charge in [-0.1, -0.05) is 30.3 Å². The van der Waals surface area contributed by atoms with E-state index in [4.69, 9.17) is 15.5 Å². The van der Waals surface area contributed by atoms with Gasteiger partial charge in [0.2, 0.25) is 0 Å². The third kappa shape index (κ3) is 5.54. The third-order valence-electron chi connectivity index (χ3n) is 5.21. The van der Waals surface area contributed by atoms with Gasteiger partial charge in [-0.3, -0.25) is 4.90 Å². The molecule has 1 aromatic heterocycles. The predicted molar refractivity (Wildman–Crippen MR) is 117 cm³/mol. The van der Waals surface area contributed by atoms with Crippen LogP contribution in [-0.2, 0) is 13.2 Å². The highest BCUT2D eigenvalue weighted by molar-refractivity contribution is 7.09. The van der Waals surface area contributed by atoms with Crippen LogP contribution in [-0.4, -0.2) is 29.5 Å². The van der Waals surface area contributed by atoms with E-state index < -0.39 is 0 Å². The summed E-state index contributed by atoms with van der Waals surface area (Å²) in [7, 11) is 0. The van der Waals surface area contributed by atoms with Gasteiger partial charge >= 0.3 is 0 Å². The fourth-order valence-corrected chi connectivity index (χ4v) is 4.50. The van der Waals surface area contributed by atoms with Gasteiger partial charge < -0.3 is 10.5 Å². The summed E-state index contributed by atoms with van der Waals surface area (Å²) >= 11 is 1.60. The Bertz CT molecular complexity index is 891. The zero-order chi connectivity index (χ0) is 19.3. The molecular weight excluding hydrogens is 409 g/mol. The maximum Gasteiger partial charge on any atom is 0.140 e. The predicted octanol–water partition coefficient (Wildman–Crippen LogP) is 4.46. The second-order valence-corrected chi connectivity index (χ2v) is 8.12. The highest BCUT2D eigenvalue weighted by atomic mass is 35.5. The van der Waals surface area contributed by atoms with E-state index in [9.17, 15) is 4.39 Å². The van der Waals surface area contributed by atoms with Crippen molar-refractivity contribution < 1.29 is 9.13 Å². The Kier molecular flexibility index (Phi) is 7.61. The van der Waals surface area contributed by atoms with E-state index in [1.165, 1.54) is 17.7 Å². The number of hydrogen-bond acceptors (Lipinski definition) is 5. The molecule has 154 valence electrons. The summed E-state index contributed by atoms with van der Waals surface area (Å²) in [5.41, 5.74) is 8.48. The van der Waals surface area contributed by atoms with Crippen molar-refractivity contribution >= 4 is 23.7 Å². The van der Waals surface area contributed by atoms with Crippen LogP contribution in [0.1, 0.15) is 22.2 Å². The first-order valence-electron chi connectivity index (χ1n) is 9.50. The molecule has 0 spiro atoms. The number of benzene rings is 2. The molecule has 2 heterocycles. The smallest absolute Gasteiger partial charge is 0.140 e. The van der Waals surface area contributed by atoms with E-state index in [1.54, 1.807) is 23.5 Å². The normalized spacial score (nSPS) is 19.1. The Hall–Kier alpha value is -1.99. The number of rotatable bonds is 7. The molecule has 0 unspecified atom stereocenters. The van der Waals surface area contributed by atoms with Crippen molar-refractivity contribution in [2.75, 3.05) is 19.6 Å². The average molecular weight is 434 g/mol. The van der Waals surface area contributed by atoms with Crippen LogP contribution in [0, 0.1) is 11.7 Å². The van der Waals surface area contributed by atoms with Crippen LogP contribution in [0.15, 0.2) is 60.0 Å². The number of ether oxygens (including phenoxy) is 1. The molecule has 0 bridgehead atoms. The van der Waals surface area contributed by atoms with E-state index in [1.807, 2.05) is 0 Å². The van der Waals surface area contributed by atoms with Gasteiger partial charge in [0.15, 0.2) is 0 Å². The average Bonchev–Trinajstić information content (AvgIpc) is 3.35. The molecule has 1 aliphatic heterocycles. The van der Waals surface area contributed by atoms with E-state index in [0.717, 1.165) is 30.3 Å². The van der Waals surface area contributed by atoms with Crippen molar-refractivity contribution in [3.63, 3.8) is 0 Å². The number of thiazole rings is 1. The van der Waals surface area contributed by atoms with Gasteiger partial charge in [-0.25, -0.2) is 9.37 Å². The number of nitrogens with zero attached hydrogens (tertiary/aromatic N) is 2. The molecule has 1 fully saturated rings. The Morgan fingerprint density at radius 1 is 1.10 bits per heavy atom. The van der Waals surface area contributed by atoms with E-state index in [0.29, 0.717) is 30.7 Å². The molecule has 1 saturated heterocycles. The van der Waals surface area contributed by atoms with E-state index in [-0.39, 0.29) is 18.2 Å². The molecule has 2 N–H and O–H groups in total. The van der Waals surface area contributed by atoms with E-state index in [2.05, 4.69) is 40.6 Å². The molecule has 4 rings (SSSR count). The van der Waals surface area contributed by atoms with Gasteiger partial charge in [0.05, 0.1) is 5.69 Å². The lowest BCUT2D eigenvalue weighted by atomic mass is 9.89. The summed E-state index contributed by atoms with van der Waals surface area (Å²) in [6, 6.07) is 16.7. The lowest BCUT2D eigenvalue weighted by Crippen LogP contribution is -2.23. The Balaban J connectivity index is 0.00000240. The van der Waals surface area contributed by atoms with Crippen LogP contribution in [0.3, 0.4) is 0 Å². The standard InChI is InChI=1S/C22H24FN3OS.ClH/c23-18-6-8-20(9-7-18)27-14-22-25-19(15-28-22)12-26-11-17(10-24)21(13-26)16-4-2-1-3-5-16;/h1-9,15,17,21H,10-14,24H2;1H/t17-,21+;/m1./s1. The SMILES string of the molecule is Cl.NC[C@@H]1CN(Cc2csc(COc3ccc(F)cc3)n2)C[C@H]1c1ccccc1. The number of likely N-dealkylation sites (tertiary alicyclic amines) is 1. The second-order valence-electron chi connectivity index (χ2n) is 7.18.